The molecular formula is C23H38N2O6. The summed E-state index contributed by atoms with van der Waals surface area (Å²) in [6.07, 6.45) is 5.00. The lowest BCUT2D eigenvalue weighted by molar-refractivity contribution is -0.148. The van der Waals surface area contributed by atoms with Gasteiger partial charge in [-0.1, -0.05) is 6.92 Å². The Morgan fingerprint density at radius 2 is 1.71 bits per heavy atom. The minimum atomic E-state index is -0.757. The van der Waals surface area contributed by atoms with E-state index in [0.29, 0.717) is 18.9 Å². The zero-order valence-corrected chi connectivity index (χ0v) is 19.6. The third-order valence-corrected chi connectivity index (χ3v) is 6.61. The lowest BCUT2D eigenvalue weighted by Crippen LogP contribution is -2.53. The Balaban J connectivity index is 1.84. The highest BCUT2D eigenvalue weighted by Crippen LogP contribution is 2.34. The van der Waals surface area contributed by atoms with Gasteiger partial charge in [-0.3, -0.25) is 9.69 Å². The molecule has 0 aromatic rings. The van der Waals surface area contributed by atoms with Gasteiger partial charge in [0.2, 0.25) is 0 Å². The van der Waals surface area contributed by atoms with Crippen LogP contribution in [0.25, 0.3) is 0 Å². The quantitative estimate of drug-likeness (QED) is 0.627. The Labute approximate surface area is 185 Å². The Morgan fingerprint density at radius 1 is 1.03 bits per heavy atom. The van der Waals surface area contributed by atoms with E-state index in [1.807, 2.05) is 4.90 Å². The van der Waals surface area contributed by atoms with Crippen molar-refractivity contribution in [1.82, 2.24) is 9.80 Å². The first-order valence-corrected chi connectivity index (χ1v) is 11.6. The van der Waals surface area contributed by atoms with Crippen molar-refractivity contribution in [2.24, 2.45) is 5.92 Å². The maximum absolute atomic E-state index is 13.5. The van der Waals surface area contributed by atoms with Gasteiger partial charge in [-0.05, 0) is 65.2 Å². The van der Waals surface area contributed by atoms with Crippen LogP contribution in [0.3, 0.4) is 0 Å². The van der Waals surface area contributed by atoms with Crippen LogP contribution >= 0.6 is 0 Å². The maximum Gasteiger partial charge on any atom is 0.411 e. The van der Waals surface area contributed by atoms with Crippen molar-refractivity contribution in [2.75, 3.05) is 20.3 Å². The number of likely N-dealkylation sites (tertiary alicyclic amines) is 1. The topological polar surface area (TPSA) is 85.4 Å². The van der Waals surface area contributed by atoms with E-state index in [9.17, 15) is 14.4 Å². The van der Waals surface area contributed by atoms with Gasteiger partial charge in [-0.2, -0.15) is 0 Å². The molecule has 2 heterocycles. The van der Waals surface area contributed by atoms with Crippen LogP contribution in [-0.4, -0.2) is 77.9 Å². The van der Waals surface area contributed by atoms with E-state index in [-0.39, 0.29) is 24.5 Å². The van der Waals surface area contributed by atoms with Gasteiger partial charge in [-0.15, -0.1) is 0 Å². The highest BCUT2D eigenvalue weighted by molar-refractivity contribution is 5.84. The molecule has 3 atom stereocenters. The fourth-order valence-electron chi connectivity index (χ4n) is 5.01. The molecular weight excluding hydrogens is 400 g/mol. The molecule has 3 rings (SSSR count). The minimum Gasteiger partial charge on any atom is -0.467 e. The molecule has 3 fully saturated rings. The van der Waals surface area contributed by atoms with Crippen LogP contribution in [0, 0.1) is 5.92 Å². The number of carbonyl (C=O) groups excluding carboxylic acids is 3. The van der Waals surface area contributed by atoms with Crippen molar-refractivity contribution in [3.63, 3.8) is 0 Å². The summed E-state index contributed by atoms with van der Waals surface area (Å²) in [5.74, 6) is 0.174. The fourth-order valence-corrected chi connectivity index (χ4v) is 5.01. The largest absolute Gasteiger partial charge is 0.467 e. The third kappa shape index (κ3) is 5.70. The second-order valence-corrected chi connectivity index (χ2v) is 10.2. The van der Waals surface area contributed by atoms with Crippen LogP contribution in [-0.2, 0) is 23.8 Å². The second-order valence-electron chi connectivity index (χ2n) is 10.2. The molecule has 2 amide bonds. The van der Waals surface area contributed by atoms with Crippen molar-refractivity contribution >= 4 is 18.0 Å². The monoisotopic (exact) mass is 438 g/mol. The summed E-state index contributed by atoms with van der Waals surface area (Å²) in [5, 5.41) is 0. The van der Waals surface area contributed by atoms with Crippen molar-refractivity contribution in [1.29, 1.82) is 0 Å². The van der Waals surface area contributed by atoms with E-state index in [2.05, 4.69) is 6.92 Å². The van der Waals surface area contributed by atoms with Gasteiger partial charge in [0.05, 0.1) is 13.2 Å². The van der Waals surface area contributed by atoms with Crippen LogP contribution in [0.2, 0.25) is 0 Å². The molecule has 0 unspecified atom stereocenters. The first-order chi connectivity index (χ1) is 14.6. The lowest BCUT2D eigenvalue weighted by Gasteiger charge is -2.41. The first kappa shape index (κ1) is 23.8. The second kappa shape index (κ2) is 9.76. The summed E-state index contributed by atoms with van der Waals surface area (Å²) in [6, 6.07) is -0.909. The van der Waals surface area contributed by atoms with Gasteiger partial charge in [0, 0.05) is 25.6 Å². The van der Waals surface area contributed by atoms with Gasteiger partial charge in [0.25, 0.3) is 5.91 Å². The van der Waals surface area contributed by atoms with Gasteiger partial charge < -0.3 is 19.1 Å². The van der Waals surface area contributed by atoms with Gasteiger partial charge in [0.15, 0.2) is 0 Å². The van der Waals surface area contributed by atoms with Crippen molar-refractivity contribution in [2.45, 2.75) is 102 Å². The van der Waals surface area contributed by atoms with E-state index in [4.69, 9.17) is 14.2 Å². The molecule has 3 aliphatic rings. The van der Waals surface area contributed by atoms with Crippen molar-refractivity contribution in [3.05, 3.63) is 0 Å². The number of methoxy groups -OCH3 is 1. The van der Waals surface area contributed by atoms with Crippen LogP contribution in [0.15, 0.2) is 0 Å². The van der Waals surface area contributed by atoms with E-state index in [1.54, 1.807) is 20.8 Å². The number of nitrogens with zero attached hydrogens (tertiary/aromatic N) is 2. The van der Waals surface area contributed by atoms with E-state index >= 15 is 0 Å². The Hall–Kier alpha value is -1.83. The standard InChI is InChI=1S/C23H38N2O6/c1-15-8-10-16(11-9-15)25(20(26)19-7-6-12-30-19)17-13-18(21(27)29-5)24(14-17)22(28)31-23(2,3)4/h15-19H,6-14H2,1-5H3/t15?,16?,17-,18+,19+/m1/s1. The lowest BCUT2D eigenvalue weighted by atomic mass is 9.85. The third-order valence-electron chi connectivity index (χ3n) is 6.61. The number of rotatable bonds is 4. The smallest absolute Gasteiger partial charge is 0.411 e. The zero-order chi connectivity index (χ0) is 22.8. The molecule has 0 bridgehead atoms. The predicted molar refractivity (Wildman–Crippen MR) is 114 cm³/mol. The molecule has 0 spiro atoms. The van der Waals surface area contributed by atoms with Crippen LogP contribution in [0.1, 0.15) is 72.6 Å². The number of hydrogen-bond donors (Lipinski definition) is 0. The average molecular weight is 439 g/mol. The highest BCUT2D eigenvalue weighted by atomic mass is 16.6. The minimum absolute atomic E-state index is 0.00305. The Morgan fingerprint density at radius 3 is 2.26 bits per heavy atom. The number of esters is 1. The van der Waals surface area contributed by atoms with E-state index in [1.165, 1.54) is 12.0 Å². The Kier molecular flexibility index (Phi) is 7.50. The number of ether oxygens (including phenoxy) is 3. The van der Waals surface area contributed by atoms with Crippen LogP contribution < -0.4 is 0 Å². The predicted octanol–water partition coefficient (Wildman–Crippen LogP) is 3.12. The summed E-state index contributed by atoms with van der Waals surface area (Å²) in [7, 11) is 1.32. The molecule has 31 heavy (non-hydrogen) atoms. The average Bonchev–Trinajstić information content (AvgIpc) is 3.38. The van der Waals surface area contributed by atoms with Gasteiger partial charge in [0.1, 0.15) is 17.7 Å². The summed E-state index contributed by atoms with van der Waals surface area (Å²) >= 11 is 0. The Bertz CT molecular complexity index is 661. The molecule has 0 radical (unpaired) electrons. The molecule has 1 saturated carbocycles. The fraction of sp³-hybridized carbons (Fsp3) is 0.870. The number of amides is 2. The van der Waals surface area contributed by atoms with Crippen molar-refractivity contribution < 1.29 is 28.6 Å². The van der Waals surface area contributed by atoms with Crippen molar-refractivity contribution in [3.8, 4) is 0 Å². The maximum atomic E-state index is 13.5. The molecule has 176 valence electrons. The van der Waals surface area contributed by atoms with E-state index < -0.39 is 29.8 Å². The summed E-state index contributed by atoms with van der Waals surface area (Å²) in [6.45, 7) is 8.49. The van der Waals surface area contributed by atoms with Crippen LogP contribution in [0.5, 0.6) is 0 Å². The molecule has 1 aliphatic carbocycles. The van der Waals surface area contributed by atoms with Crippen LogP contribution in [0.4, 0.5) is 4.79 Å². The molecule has 2 saturated heterocycles. The first-order valence-electron chi connectivity index (χ1n) is 11.6. The molecule has 8 heteroatoms. The summed E-state index contributed by atoms with van der Waals surface area (Å²) < 4.78 is 16.2. The normalized spacial score (nSPS) is 31.4. The SMILES string of the molecule is COC(=O)[C@@H]1C[C@@H](N(C(=O)[C@@H]2CCCO2)C2CCC(C)CC2)CN1C(=O)OC(C)(C)C. The molecule has 0 aromatic heterocycles. The number of hydrogen-bond acceptors (Lipinski definition) is 6. The molecule has 2 aliphatic heterocycles. The van der Waals surface area contributed by atoms with E-state index in [0.717, 1.165) is 38.5 Å². The molecule has 8 nitrogen and oxygen atoms in total. The van der Waals surface area contributed by atoms with Gasteiger partial charge in [-0.25, -0.2) is 9.59 Å². The summed E-state index contributed by atoms with van der Waals surface area (Å²) in [4.78, 5) is 42.3. The molecule has 0 N–H and O–H groups in total. The molecule has 0 aromatic carbocycles. The zero-order valence-electron chi connectivity index (χ0n) is 19.6. The van der Waals surface area contributed by atoms with Gasteiger partial charge >= 0.3 is 12.1 Å². The number of carbonyl (C=O) groups is 3. The highest BCUT2D eigenvalue weighted by Gasteiger charge is 2.48. The summed E-state index contributed by atoms with van der Waals surface area (Å²) in [5.41, 5.74) is -0.678.